The maximum atomic E-state index is 12.5. The summed E-state index contributed by atoms with van der Waals surface area (Å²) in [6, 6.07) is 10.4. The third-order valence-electron chi connectivity index (χ3n) is 4.82. The van der Waals surface area contributed by atoms with Gasteiger partial charge in [0.2, 0.25) is 5.88 Å². The monoisotopic (exact) mass is 399 g/mol. The van der Waals surface area contributed by atoms with Crippen molar-refractivity contribution >= 4 is 12.0 Å². The van der Waals surface area contributed by atoms with Crippen LogP contribution in [0, 0.1) is 11.8 Å². The molecule has 1 aromatic heterocycles. The van der Waals surface area contributed by atoms with Gasteiger partial charge >= 0.3 is 12.0 Å². The lowest BCUT2D eigenvalue weighted by atomic mass is 9.91. The van der Waals surface area contributed by atoms with Gasteiger partial charge in [0.05, 0.1) is 13.0 Å². The minimum Gasteiger partial charge on any atom is -0.497 e. The maximum Gasteiger partial charge on any atom is 0.317 e. The van der Waals surface area contributed by atoms with E-state index in [2.05, 4.69) is 10.3 Å². The van der Waals surface area contributed by atoms with E-state index in [0.717, 1.165) is 11.3 Å². The minimum absolute atomic E-state index is 0.154. The lowest BCUT2D eigenvalue weighted by molar-refractivity contribution is -0.143. The summed E-state index contributed by atoms with van der Waals surface area (Å²) in [7, 11) is 1.60. The molecule has 1 aliphatic rings. The highest BCUT2D eigenvalue weighted by Gasteiger charge is 2.31. The second kappa shape index (κ2) is 9.27. The molecule has 29 heavy (non-hydrogen) atoms. The van der Waals surface area contributed by atoms with Gasteiger partial charge < -0.3 is 24.8 Å². The number of carboxylic acid groups (broad SMARTS) is 1. The number of methoxy groups -OCH3 is 1. The van der Waals surface area contributed by atoms with E-state index in [9.17, 15) is 14.7 Å². The van der Waals surface area contributed by atoms with Gasteiger partial charge in [0, 0.05) is 31.9 Å². The number of ether oxygens (including phenoxy) is 2. The summed E-state index contributed by atoms with van der Waals surface area (Å²) in [5.74, 6) is 0.555. The zero-order chi connectivity index (χ0) is 20.8. The molecule has 2 amide bonds. The predicted molar refractivity (Wildman–Crippen MR) is 106 cm³/mol. The molecule has 2 unspecified atom stereocenters. The summed E-state index contributed by atoms with van der Waals surface area (Å²) >= 11 is 0. The fourth-order valence-corrected chi connectivity index (χ4v) is 3.37. The molecule has 0 aliphatic carbocycles. The van der Waals surface area contributed by atoms with Gasteiger partial charge in [-0.1, -0.05) is 6.92 Å². The highest BCUT2D eigenvalue weighted by atomic mass is 16.5. The van der Waals surface area contributed by atoms with Crippen LogP contribution in [0.3, 0.4) is 0 Å². The van der Waals surface area contributed by atoms with Gasteiger partial charge in [0.15, 0.2) is 0 Å². The molecule has 0 saturated carbocycles. The molecule has 1 aromatic carbocycles. The molecule has 2 atom stereocenters. The van der Waals surface area contributed by atoms with Gasteiger partial charge in [-0.15, -0.1) is 0 Å². The van der Waals surface area contributed by atoms with E-state index < -0.39 is 11.9 Å². The normalized spacial score (nSPS) is 18.8. The standard InChI is InChI=1S/C21H25N3O5/c1-14-9-16(20(25)26)13-24(12-14)21(27)23-11-15-7-8-22-19(10-15)29-18-5-3-17(28-2)4-6-18/h3-8,10,14,16H,9,11-13H2,1-2H3,(H,23,27)(H,25,26). The summed E-state index contributed by atoms with van der Waals surface area (Å²) < 4.78 is 10.9. The number of amides is 2. The fraction of sp³-hybridized carbons (Fsp3) is 0.381. The van der Waals surface area contributed by atoms with Gasteiger partial charge in [-0.3, -0.25) is 4.79 Å². The topological polar surface area (TPSA) is 101 Å². The summed E-state index contributed by atoms with van der Waals surface area (Å²) in [5.41, 5.74) is 0.830. The molecule has 1 aliphatic heterocycles. The van der Waals surface area contributed by atoms with Gasteiger partial charge in [0.25, 0.3) is 0 Å². The quantitative estimate of drug-likeness (QED) is 0.774. The SMILES string of the molecule is COc1ccc(Oc2cc(CNC(=O)N3CC(C)CC(C(=O)O)C3)ccn2)cc1. The number of carboxylic acids is 1. The molecule has 1 saturated heterocycles. The Morgan fingerprint density at radius 3 is 2.62 bits per heavy atom. The molecule has 154 valence electrons. The van der Waals surface area contributed by atoms with Crippen LogP contribution < -0.4 is 14.8 Å². The number of carbonyl (C=O) groups is 2. The average Bonchev–Trinajstić information content (AvgIpc) is 2.72. The highest BCUT2D eigenvalue weighted by molar-refractivity contribution is 5.76. The van der Waals surface area contributed by atoms with Crippen LogP contribution in [-0.2, 0) is 11.3 Å². The number of nitrogens with zero attached hydrogens (tertiary/aromatic N) is 2. The smallest absolute Gasteiger partial charge is 0.317 e. The van der Waals surface area contributed by atoms with E-state index in [0.29, 0.717) is 31.1 Å². The van der Waals surface area contributed by atoms with Crippen molar-refractivity contribution < 1.29 is 24.2 Å². The van der Waals surface area contributed by atoms with E-state index in [1.54, 1.807) is 54.6 Å². The van der Waals surface area contributed by atoms with Crippen molar-refractivity contribution in [1.82, 2.24) is 15.2 Å². The van der Waals surface area contributed by atoms with Crippen LogP contribution in [-0.4, -0.2) is 47.2 Å². The Hall–Kier alpha value is -3.29. The maximum absolute atomic E-state index is 12.5. The van der Waals surface area contributed by atoms with Crippen LogP contribution in [0.15, 0.2) is 42.6 Å². The van der Waals surface area contributed by atoms with Crippen LogP contribution in [0.5, 0.6) is 17.4 Å². The number of nitrogens with one attached hydrogen (secondary N) is 1. The van der Waals surface area contributed by atoms with Crippen molar-refractivity contribution in [3.8, 4) is 17.4 Å². The van der Waals surface area contributed by atoms with Gasteiger partial charge in [-0.2, -0.15) is 0 Å². The number of carbonyl (C=O) groups excluding carboxylic acids is 1. The summed E-state index contributed by atoms with van der Waals surface area (Å²) in [4.78, 5) is 29.5. The number of likely N-dealkylation sites (tertiary alicyclic amines) is 1. The van der Waals surface area contributed by atoms with Crippen LogP contribution in [0.2, 0.25) is 0 Å². The number of pyridine rings is 1. The van der Waals surface area contributed by atoms with Crippen molar-refractivity contribution in [1.29, 1.82) is 0 Å². The van der Waals surface area contributed by atoms with E-state index >= 15 is 0 Å². The summed E-state index contributed by atoms with van der Waals surface area (Å²) in [6.07, 6.45) is 2.21. The van der Waals surface area contributed by atoms with Gasteiger partial charge in [0.1, 0.15) is 11.5 Å². The molecule has 0 radical (unpaired) electrons. The Morgan fingerprint density at radius 1 is 1.21 bits per heavy atom. The van der Waals surface area contributed by atoms with Crippen LogP contribution in [0.4, 0.5) is 4.79 Å². The number of hydrogen-bond acceptors (Lipinski definition) is 5. The fourth-order valence-electron chi connectivity index (χ4n) is 3.37. The Kier molecular flexibility index (Phi) is 6.54. The number of aliphatic carboxylic acids is 1. The Bertz CT molecular complexity index is 856. The first-order valence-electron chi connectivity index (χ1n) is 9.47. The molecule has 2 heterocycles. The van der Waals surface area contributed by atoms with E-state index in [-0.39, 0.29) is 18.5 Å². The van der Waals surface area contributed by atoms with Crippen molar-refractivity contribution in [2.45, 2.75) is 19.9 Å². The molecule has 8 nitrogen and oxygen atoms in total. The first-order chi connectivity index (χ1) is 13.9. The summed E-state index contributed by atoms with van der Waals surface area (Å²) in [5, 5.41) is 12.1. The second-order valence-corrected chi connectivity index (χ2v) is 7.22. The highest BCUT2D eigenvalue weighted by Crippen LogP contribution is 2.23. The van der Waals surface area contributed by atoms with Crippen molar-refractivity contribution in [3.05, 3.63) is 48.2 Å². The molecule has 2 aromatic rings. The third-order valence-corrected chi connectivity index (χ3v) is 4.82. The lowest BCUT2D eigenvalue weighted by Gasteiger charge is -2.34. The lowest BCUT2D eigenvalue weighted by Crippen LogP contribution is -2.49. The number of benzene rings is 1. The van der Waals surface area contributed by atoms with Crippen molar-refractivity contribution in [2.75, 3.05) is 20.2 Å². The van der Waals surface area contributed by atoms with Gasteiger partial charge in [-0.05, 0) is 48.2 Å². The van der Waals surface area contributed by atoms with Crippen LogP contribution in [0.1, 0.15) is 18.9 Å². The number of rotatable bonds is 6. The Morgan fingerprint density at radius 2 is 1.93 bits per heavy atom. The number of piperidine rings is 1. The largest absolute Gasteiger partial charge is 0.497 e. The van der Waals surface area contributed by atoms with Gasteiger partial charge in [-0.25, -0.2) is 9.78 Å². The Labute approximate surface area is 169 Å². The number of aromatic nitrogens is 1. The molecule has 1 fully saturated rings. The molecule has 2 N–H and O–H groups in total. The molecule has 8 heteroatoms. The average molecular weight is 399 g/mol. The van der Waals surface area contributed by atoms with Crippen LogP contribution in [0.25, 0.3) is 0 Å². The molecular formula is C21H25N3O5. The van der Waals surface area contributed by atoms with Crippen molar-refractivity contribution in [2.24, 2.45) is 11.8 Å². The molecular weight excluding hydrogens is 374 g/mol. The van der Waals surface area contributed by atoms with E-state index in [1.807, 2.05) is 6.92 Å². The van der Waals surface area contributed by atoms with E-state index in [1.165, 1.54) is 0 Å². The Balaban J connectivity index is 1.57. The molecule has 3 rings (SSSR count). The van der Waals surface area contributed by atoms with Crippen molar-refractivity contribution in [3.63, 3.8) is 0 Å². The zero-order valence-electron chi connectivity index (χ0n) is 16.5. The minimum atomic E-state index is -0.858. The second-order valence-electron chi connectivity index (χ2n) is 7.22. The first-order valence-corrected chi connectivity index (χ1v) is 9.47. The first kappa shape index (κ1) is 20.4. The predicted octanol–water partition coefficient (Wildman–Crippen LogP) is 3.13. The summed E-state index contributed by atoms with van der Waals surface area (Å²) in [6.45, 7) is 3.04. The van der Waals surface area contributed by atoms with Crippen LogP contribution >= 0.6 is 0 Å². The zero-order valence-corrected chi connectivity index (χ0v) is 16.5. The number of urea groups is 1. The van der Waals surface area contributed by atoms with E-state index in [4.69, 9.17) is 9.47 Å². The molecule has 0 bridgehead atoms. The third kappa shape index (κ3) is 5.60. The number of hydrogen-bond donors (Lipinski definition) is 2. The molecule has 0 spiro atoms.